The van der Waals surface area contributed by atoms with Gasteiger partial charge in [-0.05, 0) is 17.7 Å². The SMILES string of the molecule is Cn1ncc(N=C=O)c1Cc1cccc(F)c1. The number of aliphatic imine (C=N–C) groups is 1. The van der Waals surface area contributed by atoms with Crippen molar-refractivity contribution in [2.24, 2.45) is 12.0 Å². The van der Waals surface area contributed by atoms with Crippen LogP contribution < -0.4 is 0 Å². The molecular formula is C12H10FN3O. The summed E-state index contributed by atoms with van der Waals surface area (Å²) in [5.41, 5.74) is 2.02. The van der Waals surface area contributed by atoms with Crippen LogP contribution in [0.2, 0.25) is 0 Å². The largest absolute Gasteiger partial charge is 0.270 e. The molecule has 86 valence electrons. The van der Waals surface area contributed by atoms with Crippen molar-refractivity contribution in [3.63, 3.8) is 0 Å². The molecule has 4 nitrogen and oxygen atoms in total. The maximum absolute atomic E-state index is 13.0. The molecule has 0 unspecified atom stereocenters. The van der Waals surface area contributed by atoms with Crippen LogP contribution in [0.3, 0.4) is 0 Å². The third-order valence-electron chi connectivity index (χ3n) is 2.47. The Morgan fingerprint density at radius 1 is 1.53 bits per heavy atom. The average Bonchev–Trinajstić information content (AvgIpc) is 2.62. The number of halogens is 1. The highest BCUT2D eigenvalue weighted by atomic mass is 19.1. The minimum atomic E-state index is -0.287. The molecular weight excluding hydrogens is 221 g/mol. The van der Waals surface area contributed by atoms with E-state index < -0.39 is 0 Å². The molecule has 0 bridgehead atoms. The molecule has 2 rings (SSSR count). The Hall–Kier alpha value is -2.26. The van der Waals surface area contributed by atoms with Gasteiger partial charge in [0.15, 0.2) is 0 Å². The Morgan fingerprint density at radius 3 is 3.06 bits per heavy atom. The fourth-order valence-corrected chi connectivity index (χ4v) is 1.64. The fraction of sp³-hybridized carbons (Fsp3) is 0.167. The van der Waals surface area contributed by atoms with Crippen LogP contribution in [0.15, 0.2) is 35.5 Å². The van der Waals surface area contributed by atoms with Gasteiger partial charge >= 0.3 is 0 Å². The molecule has 0 aliphatic heterocycles. The first-order valence-electron chi connectivity index (χ1n) is 5.04. The summed E-state index contributed by atoms with van der Waals surface area (Å²) in [6.07, 6.45) is 3.44. The summed E-state index contributed by atoms with van der Waals surface area (Å²) in [6, 6.07) is 6.28. The average molecular weight is 231 g/mol. The van der Waals surface area contributed by atoms with Gasteiger partial charge in [0.25, 0.3) is 0 Å². The fourth-order valence-electron chi connectivity index (χ4n) is 1.64. The zero-order chi connectivity index (χ0) is 12.3. The molecule has 0 spiro atoms. The highest BCUT2D eigenvalue weighted by molar-refractivity contribution is 5.51. The van der Waals surface area contributed by atoms with E-state index in [0.717, 1.165) is 11.3 Å². The highest BCUT2D eigenvalue weighted by Gasteiger charge is 2.09. The van der Waals surface area contributed by atoms with Crippen LogP contribution in [0.1, 0.15) is 11.3 Å². The van der Waals surface area contributed by atoms with Gasteiger partial charge in [0.1, 0.15) is 11.5 Å². The Kier molecular flexibility index (Phi) is 3.12. The summed E-state index contributed by atoms with van der Waals surface area (Å²) in [4.78, 5) is 13.8. The molecule has 1 heterocycles. The van der Waals surface area contributed by atoms with Crippen molar-refractivity contribution in [1.82, 2.24) is 9.78 Å². The van der Waals surface area contributed by atoms with Gasteiger partial charge in [0.05, 0.1) is 11.9 Å². The van der Waals surface area contributed by atoms with Gasteiger partial charge in [-0.15, -0.1) is 0 Å². The number of hydrogen-bond donors (Lipinski definition) is 0. The molecule has 0 fully saturated rings. The second kappa shape index (κ2) is 4.72. The third-order valence-corrected chi connectivity index (χ3v) is 2.47. The van der Waals surface area contributed by atoms with Crippen LogP contribution in [-0.2, 0) is 18.3 Å². The summed E-state index contributed by atoms with van der Waals surface area (Å²) in [6.45, 7) is 0. The van der Waals surface area contributed by atoms with Gasteiger partial charge < -0.3 is 0 Å². The monoisotopic (exact) mass is 231 g/mol. The molecule has 0 aliphatic carbocycles. The molecule has 0 N–H and O–H groups in total. The zero-order valence-electron chi connectivity index (χ0n) is 9.22. The summed E-state index contributed by atoms with van der Waals surface area (Å²) in [7, 11) is 1.75. The molecule has 0 amide bonds. The predicted octanol–water partition coefficient (Wildman–Crippen LogP) is 2.12. The number of aryl methyl sites for hydroxylation is 1. The Bertz CT molecular complexity index is 585. The van der Waals surface area contributed by atoms with Crippen molar-refractivity contribution in [1.29, 1.82) is 0 Å². The van der Waals surface area contributed by atoms with Gasteiger partial charge in [0, 0.05) is 13.5 Å². The number of nitrogens with zero attached hydrogens (tertiary/aromatic N) is 3. The molecule has 0 saturated heterocycles. The van der Waals surface area contributed by atoms with Gasteiger partial charge in [0.2, 0.25) is 6.08 Å². The van der Waals surface area contributed by atoms with E-state index in [1.807, 2.05) is 6.07 Å². The quantitative estimate of drug-likeness (QED) is 0.600. The summed E-state index contributed by atoms with van der Waals surface area (Å²) in [5, 5.41) is 4.00. The number of carbonyl (C=O) groups excluding carboxylic acids is 1. The lowest BCUT2D eigenvalue weighted by atomic mass is 10.1. The van der Waals surface area contributed by atoms with Crippen LogP contribution >= 0.6 is 0 Å². The number of isocyanates is 1. The number of rotatable bonds is 3. The van der Waals surface area contributed by atoms with Gasteiger partial charge in [-0.1, -0.05) is 12.1 Å². The van der Waals surface area contributed by atoms with Gasteiger partial charge in [-0.3, -0.25) is 4.68 Å². The second-order valence-electron chi connectivity index (χ2n) is 3.61. The van der Waals surface area contributed by atoms with E-state index in [-0.39, 0.29) is 5.82 Å². The van der Waals surface area contributed by atoms with Crippen molar-refractivity contribution >= 4 is 11.8 Å². The maximum atomic E-state index is 13.0. The van der Waals surface area contributed by atoms with E-state index in [0.29, 0.717) is 12.1 Å². The summed E-state index contributed by atoms with van der Waals surface area (Å²) < 4.78 is 14.6. The molecule has 0 aliphatic rings. The minimum Gasteiger partial charge on any atom is -0.270 e. The molecule has 0 atom stereocenters. The molecule has 0 saturated carbocycles. The van der Waals surface area contributed by atoms with Crippen LogP contribution in [0.5, 0.6) is 0 Å². The van der Waals surface area contributed by atoms with Crippen molar-refractivity contribution in [3.8, 4) is 0 Å². The van der Waals surface area contributed by atoms with Crippen LogP contribution in [-0.4, -0.2) is 15.9 Å². The van der Waals surface area contributed by atoms with Crippen LogP contribution in [0.4, 0.5) is 10.1 Å². The Labute approximate surface area is 97.4 Å². The normalized spacial score (nSPS) is 10.0. The molecule has 1 aromatic carbocycles. The highest BCUT2D eigenvalue weighted by Crippen LogP contribution is 2.20. The van der Waals surface area contributed by atoms with E-state index in [4.69, 9.17) is 0 Å². The summed E-state index contributed by atoms with van der Waals surface area (Å²) in [5.74, 6) is -0.287. The summed E-state index contributed by atoms with van der Waals surface area (Å²) >= 11 is 0. The second-order valence-corrected chi connectivity index (χ2v) is 3.61. The van der Waals surface area contributed by atoms with Crippen molar-refractivity contribution < 1.29 is 9.18 Å². The van der Waals surface area contributed by atoms with Crippen molar-refractivity contribution in [3.05, 3.63) is 47.5 Å². The molecule has 5 heteroatoms. The number of hydrogen-bond acceptors (Lipinski definition) is 3. The van der Waals surface area contributed by atoms with Crippen molar-refractivity contribution in [2.45, 2.75) is 6.42 Å². The minimum absolute atomic E-state index is 0.287. The number of benzene rings is 1. The lowest BCUT2D eigenvalue weighted by Gasteiger charge is -2.03. The van der Waals surface area contributed by atoms with Gasteiger partial charge in [-0.25, -0.2) is 9.18 Å². The molecule has 1 aromatic heterocycles. The first-order chi connectivity index (χ1) is 8.20. The Morgan fingerprint density at radius 2 is 2.35 bits per heavy atom. The number of aromatic nitrogens is 2. The van der Waals surface area contributed by atoms with E-state index in [1.165, 1.54) is 24.4 Å². The van der Waals surface area contributed by atoms with Crippen LogP contribution in [0.25, 0.3) is 0 Å². The molecule has 17 heavy (non-hydrogen) atoms. The first kappa shape index (κ1) is 11.2. The van der Waals surface area contributed by atoms with E-state index in [9.17, 15) is 9.18 Å². The van der Waals surface area contributed by atoms with E-state index in [1.54, 1.807) is 17.8 Å². The maximum Gasteiger partial charge on any atom is 0.240 e. The van der Waals surface area contributed by atoms with E-state index in [2.05, 4.69) is 10.1 Å². The zero-order valence-corrected chi connectivity index (χ0v) is 9.22. The van der Waals surface area contributed by atoms with Crippen LogP contribution in [0, 0.1) is 5.82 Å². The topological polar surface area (TPSA) is 47.2 Å². The van der Waals surface area contributed by atoms with Gasteiger partial charge in [-0.2, -0.15) is 10.1 Å². The predicted molar refractivity (Wildman–Crippen MR) is 60.2 cm³/mol. The standard InChI is InChI=1S/C12H10FN3O/c1-16-12(11(7-15-16)14-8-17)6-9-3-2-4-10(13)5-9/h2-5,7H,6H2,1H3. The Balaban J connectivity index is 2.35. The third kappa shape index (κ3) is 2.46. The lowest BCUT2D eigenvalue weighted by Crippen LogP contribution is -1.99. The smallest absolute Gasteiger partial charge is 0.240 e. The lowest BCUT2D eigenvalue weighted by molar-refractivity contribution is 0.565. The molecule has 0 radical (unpaired) electrons. The first-order valence-corrected chi connectivity index (χ1v) is 5.04. The van der Waals surface area contributed by atoms with Crippen molar-refractivity contribution in [2.75, 3.05) is 0 Å². The molecule has 2 aromatic rings. The van der Waals surface area contributed by atoms with E-state index >= 15 is 0 Å².